The van der Waals surface area contributed by atoms with Crippen molar-refractivity contribution in [3.8, 4) is 0 Å². The van der Waals surface area contributed by atoms with Gasteiger partial charge in [0.25, 0.3) is 0 Å². The summed E-state index contributed by atoms with van der Waals surface area (Å²) in [6, 6.07) is 17.4. The highest BCUT2D eigenvalue weighted by Gasteiger charge is 2.73. The van der Waals surface area contributed by atoms with Gasteiger partial charge < -0.3 is 9.80 Å². The van der Waals surface area contributed by atoms with Crippen LogP contribution in [0.4, 0.5) is 11.4 Å². The van der Waals surface area contributed by atoms with Crippen molar-refractivity contribution in [2.24, 2.45) is 15.4 Å². The summed E-state index contributed by atoms with van der Waals surface area (Å²) in [5.74, 6) is 1.93. The number of fused-ring (bicyclic) bond motifs is 6. The summed E-state index contributed by atoms with van der Waals surface area (Å²) in [5.41, 5.74) is 5.53. The van der Waals surface area contributed by atoms with Gasteiger partial charge in [0, 0.05) is 36.3 Å². The number of hydrogen-bond acceptors (Lipinski definition) is 2. The molecule has 0 amide bonds. The molecule has 3 unspecified atom stereocenters. The van der Waals surface area contributed by atoms with Gasteiger partial charge in [-0.2, -0.15) is 0 Å². The van der Waals surface area contributed by atoms with Crippen LogP contribution in [0.3, 0.4) is 0 Å². The van der Waals surface area contributed by atoms with Gasteiger partial charge in [0.15, 0.2) is 11.7 Å². The summed E-state index contributed by atoms with van der Waals surface area (Å²) < 4.78 is 0. The predicted octanol–water partition coefficient (Wildman–Crippen LogP) is 4.39. The Kier molecular flexibility index (Phi) is 3.20. The molecule has 1 saturated heterocycles. The highest BCUT2D eigenvalue weighted by atomic mass is 15.5. The SMILES string of the molecule is C/N=C1\C(=N/C)N2c3ccccc3C3(C)CC3(C)C2N1c1ccccc1C. The number of hydrogen-bond donors (Lipinski definition) is 0. The van der Waals surface area contributed by atoms with Crippen molar-refractivity contribution >= 4 is 23.0 Å². The second kappa shape index (κ2) is 5.22. The smallest absolute Gasteiger partial charge is 0.173 e. The number of nitrogens with zero attached hydrogens (tertiary/aromatic N) is 4. The standard InChI is InChI=1S/C23H26N4/c1-15-10-6-8-12-17(15)26-19(24-4)20(25-5)27-18-13-9-7-11-16(18)22(2)14-23(22,3)21(26)27/h6-13,21H,14H2,1-5H3/b24-19+,25-20+. The maximum absolute atomic E-state index is 4.71. The van der Waals surface area contributed by atoms with E-state index in [4.69, 9.17) is 9.98 Å². The Morgan fingerprint density at radius 2 is 1.41 bits per heavy atom. The highest BCUT2D eigenvalue weighted by Crippen LogP contribution is 2.72. The fourth-order valence-electron chi connectivity index (χ4n) is 5.49. The number of benzene rings is 2. The Hall–Kier alpha value is -2.62. The molecule has 5 rings (SSSR count). The first-order valence-corrected chi connectivity index (χ1v) is 9.65. The van der Waals surface area contributed by atoms with E-state index in [9.17, 15) is 0 Å². The van der Waals surface area contributed by atoms with Crippen LogP contribution < -0.4 is 9.80 Å². The molecular formula is C23H26N4. The third kappa shape index (κ3) is 1.83. The fraction of sp³-hybridized carbons (Fsp3) is 0.391. The number of aryl methyl sites for hydroxylation is 1. The summed E-state index contributed by atoms with van der Waals surface area (Å²) in [5, 5.41) is 0. The van der Waals surface area contributed by atoms with Crippen LogP contribution in [0.2, 0.25) is 0 Å². The molecule has 3 aliphatic rings. The summed E-state index contributed by atoms with van der Waals surface area (Å²) in [6.07, 6.45) is 1.37. The van der Waals surface area contributed by atoms with Crippen LogP contribution in [-0.2, 0) is 5.41 Å². The Labute approximate surface area is 161 Å². The van der Waals surface area contributed by atoms with Crippen molar-refractivity contribution in [1.82, 2.24) is 0 Å². The van der Waals surface area contributed by atoms with Gasteiger partial charge in [0.1, 0.15) is 6.17 Å². The zero-order valence-electron chi connectivity index (χ0n) is 16.7. The average molecular weight is 358 g/mol. The van der Waals surface area contributed by atoms with E-state index in [1.165, 1.54) is 28.9 Å². The van der Waals surface area contributed by atoms with Crippen molar-refractivity contribution in [2.45, 2.75) is 38.8 Å². The molecule has 2 fully saturated rings. The van der Waals surface area contributed by atoms with E-state index < -0.39 is 0 Å². The molecule has 1 saturated carbocycles. The summed E-state index contributed by atoms with van der Waals surface area (Å²) in [6.45, 7) is 7.03. The van der Waals surface area contributed by atoms with Gasteiger partial charge in [-0.1, -0.05) is 50.2 Å². The van der Waals surface area contributed by atoms with E-state index in [0.29, 0.717) is 0 Å². The third-order valence-corrected chi connectivity index (χ3v) is 7.13. The Morgan fingerprint density at radius 1 is 0.852 bits per heavy atom. The molecule has 1 aliphatic carbocycles. The van der Waals surface area contributed by atoms with E-state index in [2.05, 4.69) is 79.1 Å². The molecule has 4 heteroatoms. The van der Waals surface area contributed by atoms with Crippen molar-refractivity contribution in [3.05, 3.63) is 59.7 Å². The zero-order chi connectivity index (χ0) is 19.0. The van der Waals surface area contributed by atoms with Crippen LogP contribution >= 0.6 is 0 Å². The second-order valence-electron chi connectivity index (χ2n) is 8.44. The molecule has 2 aromatic carbocycles. The number of rotatable bonds is 1. The minimum Gasteiger partial charge on any atom is -0.301 e. The molecule has 3 atom stereocenters. The lowest BCUT2D eigenvalue weighted by Gasteiger charge is -2.43. The topological polar surface area (TPSA) is 31.2 Å². The lowest BCUT2D eigenvalue weighted by Crippen LogP contribution is -2.51. The summed E-state index contributed by atoms with van der Waals surface area (Å²) >= 11 is 0. The maximum Gasteiger partial charge on any atom is 0.173 e. The first-order chi connectivity index (χ1) is 13.0. The predicted molar refractivity (Wildman–Crippen MR) is 113 cm³/mol. The minimum absolute atomic E-state index is 0.145. The van der Waals surface area contributed by atoms with Crippen LogP contribution in [0.15, 0.2) is 58.5 Å². The van der Waals surface area contributed by atoms with Gasteiger partial charge in [-0.25, -0.2) is 0 Å². The van der Waals surface area contributed by atoms with Gasteiger partial charge in [-0.05, 0) is 36.6 Å². The Morgan fingerprint density at radius 3 is 2.04 bits per heavy atom. The molecule has 2 aromatic rings. The third-order valence-electron chi connectivity index (χ3n) is 7.13. The van der Waals surface area contributed by atoms with E-state index >= 15 is 0 Å². The van der Waals surface area contributed by atoms with Crippen LogP contribution in [0.1, 0.15) is 31.4 Å². The van der Waals surface area contributed by atoms with Crippen molar-refractivity contribution in [3.63, 3.8) is 0 Å². The molecule has 0 radical (unpaired) electrons. The van der Waals surface area contributed by atoms with Crippen LogP contribution in [0.25, 0.3) is 0 Å². The van der Waals surface area contributed by atoms with Gasteiger partial charge in [-0.15, -0.1) is 0 Å². The number of aliphatic imine (C=N–C) groups is 2. The number of amidine groups is 2. The van der Waals surface area contributed by atoms with Gasteiger partial charge in [-0.3, -0.25) is 9.98 Å². The number of para-hydroxylation sites is 2. The quantitative estimate of drug-likeness (QED) is 0.757. The molecule has 27 heavy (non-hydrogen) atoms. The lowest BCUT2D eigenvalue weighted by molar-refractivity contribution is 0.378. The number of anilines is 2. The molecule has 138 valence electrons. The summed E-state index contributed by atoms with van der Waals surface area (Å²) in [4.78, 5) is 14.3. The van der Waals surface area contributed by atoms with Gasteiger partial charge in [0.2, 0.25) is 0 Å². The van der Waals surface area contributed by atoms with Crippen molar-refractivity contribution in [2.75, 3.05) is 23.9 Å². The molecule has 0 aromatic heterocycles. The van der Waals surface area contributed by atoms with E-state index in [-0.39, 0.29) is 17.0 Å². The molecular weight excluding hydrogens is 332 g/mol. The Bertz CT molecular complexity index is 1010. The zero-order valence-corrected chi connectivity index (χ0v) is 16.7. The second-order valence-corrected chi connectivity index (χ2v) is 8.44. The van der Waals surface area contributed by atoms with Gasteiger partial charge >= 0.3 is 0 Å². The van der Waals surface area contributed by atoms with Crippen LogP contribution in [0.5, 0.6) is 0 Å². The maximum atomic E-state index is 4.71. The fourth-order valence-corrected chi connectivity index (χ4v) is 5.49. The lowest BCUT2D eigenvalue weighted by atomic mass is 9.81. The normalized spacial score (nSPS) is 33.9. The monoisotopic (exact) mass is 358 g/mol. The molecule has 0 bridgehead atoms. The van der Waals surface area contributed by atoms with E-state index in [0.717, 1.165) is 11.7 Å². The molecule has 2 heterocycles. The van der Waals surface area contributed by atoms with Crippen LogP contribution in [-0.4, -0.2) is 31.9 Å². The van der Waals surface area contributed by atoms with Crippen LogP contribution in [0, 0.1) is 12.3 Å². The summed E-state index contributed by atoms with van der Waals surface area (Å²) in [7, 11) is 3.76. The highest BCUT2D eigenvalue weighted by molar-refractivity contribution is 6.53. The Balaban J connectivity index is 1.81. The van der Waals surface area contributed by atoms with Crippen molar-refractivity contribution in [1.29, 1.82) is 0 Å². The first kappa shape index (κ1) is 16.5. The first-order valence-electron chi connectivity index (χ1n) is 9.65. The molecule has 2 aliphatic heterocycles. The van der Waals surface area contributed by atoms with Crippen molar-refractivity contribution < 1.29 is 0 Å². The van der Waals surface area contributed by atoms with E-state index in [1.54, 1.807) is 0 Å². The van der Waals surface area contributed by atoms with E-state index in [1.807, 2.05) is 14.1 Å². The largest absolute Gasteiger partial charge is 0.301 e. The minimum atomic E-state index is 0.145. The average Bonchev–Trinajstić information content (AvgIpc) is 3.11. The molecule has 0 N–H and O–H groups in total. The molecule has 0 spiro atoms. The molecule has 4 nitrogen and oxygen atoms in total. The van der Waals surface area contributed by atoms with Gasteiger partial charge in [0.05, 0.1) is 0 Å².